The Hall–Kier alpha value is -4.45. The van der Waals surface area contributed by atoms with Crippen molar-refractivity contribution in [3.8, 4) is 16.9 Å². The van der Waals surface area contributed by atoms with E-state index in [0.29, 0.717) is 0 Å². The number of hydrogen-bond acceptors (Lipinski definition) is 3. The molecule has 4 nitrogen and oxygen atoms in total. The van der Waals surface area contributed by atoms with Crippen molar-refractivity contribution in [2.24, 2.45) is 0 Å². The van der Waals surface area contributed by atoms with Gasteiger partial charge in [0.25, 0.3) is 0 Å². The van der Waals surface area contributed by atoms with Crippen LogP contribution >= 0.6 is 0 Å². The molecule has 1 fully saturated rings. The van der Waals surface area contributed by atoms with Crippen molar-refractivity contribution in [3.63, 3.8) is 0 Å². The maximum absolute atomic E-state index is 6.46. The van der Waals surface area contributed by atoms with Crippen LogP contribution < -0.4 is 5.46 Å². The molecule has 0 aliphatic carbocycles. The van der Waals surface area contributed by atoms with Crippen LogP contribution in [-0.2, 0) is 9.31 Å². The van der Waals surface area contributed by atoms with Crippen molar-refractivity contribution >= 4 is 56.1 Å². The molecule has 5 heteroatoms. The average molecular weight is 546 g/mol. The summed E-state index contributed by atoms with van der Waals surface area (Å²) in [6.45, 7) is 8.40. The minimum Gasteiger partial charge on any atom is -0.399 e. The zero-order valence-electron chi connectivity index (χ0n) is 24.3. The monoisotopic (exact) mass is 546 g/mol. The van der Waals surface area contributed by atoms with Crippen molar-refractivity contribution in [2.45, 2.75) is 38.9 Å². The van der Waals surface area contributed by atoms with Gasteiger partial charge in [0.1, 0.15) is 0 Å². The van der Waals surface area contributed by atoms with Crippen LogP contribution in [-0.4, -0.2) is 27.9 Å². The first-order valence-corrected chi connectivity index (χ1v) is 14.6. The fourth-order valence-corrected chi connectivity index (χ4v) is 6.28. The molecular formula is C37H31BN2O2. The fraction of sp³-hybridized carbons (Fsp3) is 0.162. The van der Waals surface area contributed by atoms with Crippen molar-refractivity contribution < 1.29 is 9.31 Å². The Morgan fingerprint density at radius 3 is 1.95 bits per heavy atom. The summed E-state index contributed by atoms with van der Waals surface area (Å²) in [7, 11) is -0.426. The molecule has 0 saturated carbocycles. The molecule has 0 atom stereocenters. The van der Waals surface area contributed by atoms with Gasteiger partial charge < -0.3 is 13.9 Å². The predicted molar refractivity (Wildman–Crippen MR) is 175 cm³/mol. The van der Waals surface area contributed by atoms with Crippen LogP contribution in [0.3, 0.4) is 0 Å². The van der Waals surface area contributed by atoms with Gasteiger partial charge in [0.15, 0.2) is 0 Å². The molecule has 0 amide bonds. The molecule has 1 aliphatic heterocycles. The quantitative estimate of drug-likeness (QED) is 0.165. The van der Waals surface area contributed by atoms with E-state index in [1.165, 1.54) is 16.2 Å². The maximum Gasteiger partial charge on any atom is 0.494 e. The van der Waals surface area contributed by atoms with Gasteiger partial charge in [-0.25, -0.2) is 4.98 Å². The van der Waals surface area contributed by atoms with Crippen molar-refractivity contribution in [2.75, 3.05) is 0 Å². The summed E-state index contributed by atoms with van der Waals surface area (Å²) in [6.07, 6.45) is 0. The smallest absolute Gasteiger partial charge is 0.399 e. The summed E-state index contributed by atoms with van der Waals surface area (Å²) in [5.41, 5.74) is 6.73. The van der Waals surface area contributed by atoms with Gasteiger partial charge in [0.05, 0.1) is 33.4 Å². The van der Waals surface area contributed by atoms with E-state index in [9.17, 15) is 0 Å². The Balaban J connectivity index is 1.47. The normalized spacial score (nSPS) is 16.2. The molecule has 0 unspecified atom stereocenters. The number of nitrogens with zero attached hydrogens (tertiary/aromatic N) is 2. The topological polar surface area (TPSA) is 36.3 Å². The lowest BCUT2D eigenvalue weighted by molar-refractivity contribution is 0.00578. The van der Waals surface area contributed by atoms with E-state index < -0.39 is 18.3 Å². The second kappa shape index (κ2) is 9.03. The van der Waals surface area contributed by atoms with Gasteiger partial charge in [-0.15, -0.1) is 0 Å². The van der Waals surface area contributed by atoms with Crippen LogP contribution in [0.4, 0.5) is 0 Å². The van der Waals surface area contributed by atoms with Gasteiger partial charge in [0.2, 0.25) is 0 Å². The third-order valence-corrected chi connectivity index (χ3v) is 9.20. The Kier molecular flexibility index (Phi) is 5.43. The minimum absolute atomic E-state index is 0.402. The zero-order valence-corrected chi connectivity index (χ0v) is 24.3. The number of fused-ring (bicyclic) bond motifs is 6. The number of aromatic nitrogens is 2. The number of hydrogen-bond donors (Lipinski definition) is 0. The first-order chi connectivity index (χ1) is 20.3. The summed E-state index contributed by atoms with van der Waals surface area (Å²) in [5.74, 6) is 0. The molecule has 0 radical (unpaired) electrons. The molecule has 0 N–H and O–H groups in total. The SMILES string of the molecule is CC1(C)OB(c2ccc3c(c2)c2cc4c(cc2n3-c2ccccc2)c(-c2ccccc2)nc2ccccc24)OC1(C)C. The van der Waals surface area contributed by atoms with Crippen LogP contribution in [0, 0.1) is 0 Å². The van der Waals surface area contributed by atoms with Gasteiger partial charge in [-0.1, -0.05) is 78.9 Å². The Labute approximate surface area is 245 Å². The third kappa shape index (κ3) is 3.74. The number of pyridine rings is 1. The van der Waals surface area contributed by atoms with Crippen molar-refractivity contribution in [3.05, 3.63) is 115 Å². The molecule has 2 aromatic heterocycles. The predicted octanol–water partition coefficient (Wildman–Crippen LogP) is 8.45. The summed E-state index contributed by atoms with van der Waals surface area (Å²) in [4.78, 5) is 5.19. The van der Waals surface area contributed by atoms with Gasteiger partial charge in [0, 0.05) is 32.8 Å². The molecule has 5 aromatic carbocycles. The number of rotatable bonds is 3. The number of para-hydroxylation sites is 2. The molecule has 1 aliphatic rings. The van der Waals surface area contributed by atoms with Crippen LogP contribution in [0.1, 0.15) is 27.7 Å². The first kappa shape index (κ1) is 25.3. The second-order valence-corrected chi connectivity index (χ2v) is 12.3. The summed E-state index contributed by atoms with van der Waals surface area (Å²) < 4.78 is 15.3. The van der Waals surface area contributed by atoms with Crippen molar-refractivity contribution in [1.29, 1.82) is 0 Å². The van der Waals surface area contributed by atoms with Gasteiger partial charge in [-0.05, 0) is 74.9 Å². The summed E-state index contributed by atoms with van der Waals surface area (Å²) in [5, 5.41) is 5.84. The van der Waals surface area contributed by atoms with E-state index in [2.05, 4.69) is 148 Å². The maximum atomic E-state index is 6.46. The van der Waals surface area contributed by atoms with Crippen LogP contribution in [0.5, 0.6) is 0 Å². The number of benzene rings is 5. The van der Waals surface area contributed by atoms with Gasteiger partial charge in [-0.3, -0.25) is 0 Å². The van der Waals surface area contributed by atoms with E-state index in [0.717, 1.165) is 49.7 Å². The minimum atomic E-state index is -0.426. The van der Waals surface area contributed by atoms with E-state index in [1.807, 2.05) is 0 Å². The van der Waals surface area contributed by atoms with Gasteiger partial charge in [-0.2, -0.15) is 0 Å². The standard InChI is InChI=1S/C37H31BN2O2/c1-36(2)37(3,4)42-38(41-36)25-19-20-33-29(21-25)30-22-28-27-17-11-12-18-32(27)39-35(24-13-7-5-8-14-24)31(28)23-34(30)40(33)26-15-9-6-10-16-26/h5-23H,1-4H3. The fourth-order valence-electron chi connectivity index (χ4n) is 6.28. The van der Waals surface area contributed by atoms with Crippen LogP contribution in [0.25, 0.3) is 60.4 Å². The molecule has 204 valence electrons. The Morgan fingerprint density at radius 1 is 0.571 bits per heavy atom. The van der Waals surface area contributed by atoms with Crippen LogP contribution in [0.2, 0.25) is 0 Å². The zero-order chi connectivity index (χ0) is 28.6. The van der Waals surface area contributed by atoms with Crippen LogP contribution in [0.15, 0.2) is 115 Å². The molecule has 0 bridgehead atoms. The molecule has 42 heavy (non-hydrogen) atoms. The highest BCUT2D eigenvalue weighted by Gasteiger charge is 2.51. The molecule has 0 spiro atoms. The lowest BCUT2D eigenvalue weighted by Crippen LogP contribution is -2.41. The van der Waals surface area contributed by atoms with E-state index in [4.69, 9.17) is 14.3 Å². The van der Waals surface area contributed by atoms with Crippen molar-refractivity contribution in [1.82, 2.24) is 9.55 Å². The highest BCUT2D eigenvalue weighted by atomic mass is 16.7. The summed E-state index contributed by atoms with van der Waals surface area (Å²) >= 11 is 0. The van der Waals surface area contributed by atoms with E-state index in [-0.39, 0.29) is 0 Å². The highest BCUT2D eigenvalue weighted by Crippen LogP contribution is 2.41. The lowest BCUT2D eigenvalue weighted by Gasteiger charge is -2.32. The third-order valence-electron chi connectivity index (χ3n) is 9.20. The lowest BCUT2D eigenvalue weighted by atomic mass is 9.78. The molecule has 7 aromatic rings. The molecule has 8 rings (SSSR count). The molecule has 1 saturated heterocycles. The Morgan fingerprint density at radius 2 is 1.21 bits per heavy atom. The summed E-state index contributed by atoms with van der Waals surface area (Å²) in [6, 6.07) is 40.8. The second-order valence-electron chi connectivity index (χ2n) is 12.3. The van der Waals surface area contributed by atoms with E-state index >= 15 is 0 Å². The molecular weight excluding hydrogens is 515 g/mol. The Bertz CT molecular complexity index is 2130. The highest BCUT2D eigenvalue weighted by molar-refractivity contribution is 6.62. The molecule has 3 heterocycles. The van der Waals surface area contributed by atoms with Gasteiger partial charge >= 0.3 is 7.12 Å². The first-order valence-electron chi connectivity index (χ1n) is 14.6. The van der Waals surface area contributed by atoms with E-state index in [1.54, 1.807) is 0 Å². The largest absolute Gasteiger partial charge is 0.494 e. The average Bonchev–Trinajstić information content (AvgIpc) is 3.44.